The van der Waals surface area contributed by atoms with E-state index in [0.29, 0.717) is 25.6 Å². The second-order valence-electron chi connectivity index (χ2n) is 8.81. The fourth-order valence-corrected chi connectivity index (χ4v) is 4.31. The van der Waals surface area contributed by atoms with Gasteiger partial charge in [-0.15, -0.1) is 10.2 Å². The number of nitrogens with one attached hydrogen (secondary N) is 1. The molecule has 3 heterocycles. The third-order valence-corrected chi connectivity index (χ3v) is 6.34. The molecule has 8 heteroatoms. The van der Waals surface area contributed by atoms with E-state index in [2.05, 4.69) is 25.5 Å². The average Bonchev–Trinajstić information content (AvgIpc) is 3.71. The van der Waals surface area contributed by atoms with E-state index in [4.69, 9.17) is 0 Å². The molecule has 5 rings (SSSR count). The molecule has 1 aromatic carbocycles. The summed E-state index contributed by atoms with van der Waals surface area (Å²) in [5.74, 6) is 1.18. The molecule has 1 unspecified atom stereocenters. The lowest BCUT2D eigenvalue weighted by Gasteiger charge is -2.32. The van der Waals surface area contributed by atoms with E-state index in [1.54, 1.807) is 6.07 Å². The van der Waals surface area contributed by atoms with Crippen LogP contribution in [-0.4, -0.2) is 45.5 Å². The second-order valence-corrected chi connectivity index (χ2v) is 8.81. The lowest BCUT2D eigenvalue weighted by atomic mass is 9.97. The van der Waals surface area contributed by atoms with Gasteiger partial charge in [-0.3, -0.25) is 9.59 Å². The van der Waals surface area contributed by atoms with E-state index >= 15 is 0 Å². The molecule has 2 fully saturated rings. The first-order valence-corrected chi connectivity index (χ1v) is 11.7. The smallest absolute Gasteiger partial charge is 0.266 e. The maximum atomic E-state index is 12.8. The zero-order valence-electron chi connectivity index (χ0n) is 18.6. The highest BCUT2D eigenvalue weighted by Gasteiger charge is 2.27. The number of aromatic nitrogens is 4. The average molecular weight is 445 g/mol. The topological polar surface area (TPSA) is 93.0 Å². The molecule has 0 radical (unpaired) electrons. The number of amides is 1. The van der Waals surface area contributed by atoms with E-state index in [1.807, 2.05) is 48.5 Å². The predicted octanol–water partition coefficient (Wildman–Crippen LogP) is 2.61. The normalized spacial score (nSPS) is 18.2. The molecule has 1 atom stereocenters. The van der Waals surface area contributed by atoms with Gasteiger partial charge in [0.05, 0.1) is 23.9 Å². The van der Waals surface area contributed by atoms with Crippen LogP contribution in [-0.2, 0) is 11.3 Å². The minimum atomic E-state index is -0.130. The Morgan fingerprint density at radius 1 is 1.00 bits per heavy atom. The van der Waals surface area contributed by atoms with Crippen LogP contribution in [0.25, 0.3) is 11.3 Å². The molecule has 2 aromatic heterocycles. The quantitative estimate of drug-likeness (QED) is 0.602. The molecule has 3 aromatic rings. The highest BCUT2D eigenvalue weighted by Crippen LogP contribution is 2.38. The summed E-state index contributed by atoms with van der Waals surface area (Å²) in [6.45, 7) is 2.24. The van der Waals surface area contributed by atoms with Crippen LogP contribution in [0.3, 0.4) is 0 Å². The lowest BCUT2D eigenvalue weighted by molar-refractivity contribution is -0.125. The minimum Gasteiger partial charge on any atom is -0.354 e. The zero-order valence-corrected chi connectivity index (χ0v) is 18.6. The summed E-state index contributed by atoms with van der Waals surface area (Å²) in [5.41, 5.74) is 2.71. The number of rotatable bonds is 7. The largest absolute Gasteiger partial charge is 0.354 e. The Bertz CT molecular complexity index is 1160. The van der Waals surface area contributed by atoms with Crippen LogP contribution in [0.15, 0.2) is 59.4 Å². The fourth-order valence-electron chi connectivity index (χ4n) is 4.31. The van der Waals surface area contributed by atoms with Gasteiger partial charge in [0.2, 0.25) is 5.91 Å². The van der Waals surface area contributed by atoms with Gasteiger partial charge in [-0.2, -0.15) is 5.10 Å². The zero-order chi connectivity index (χ0) is 22.6. The van der Waals surface area contributed by atoms with Crippen molar-refractivity contribution in [2.24, 2.45) is 5.92 Å². The van der Waals surface area contributed by atoms with Gasteiger partial charge in [0.15, 0.2) is 5.82 Å². The first-order chi connectivity index (χ1) is 16.2. The summed E-state index contributed by atoms with van der Waals surface area (Å²) in [6.07, 6.45) is 4.04. The Kier molecular flexibility index (Phi) is 6.15. The molecule has 1 amide bonds. The number of carbonyl (C=O) groups excluding carboxylic acids is 1. The van der Waals surface area contributed by atoms with Gasteiger partial charge in [-0.05, 0) is 43.9 Å². The van der Waals surface area contributed by atoms with Crippen molar-refractivity contribution in [3.8, 4) is 11.3 Å². The van der Waals surface area contributed by atoms with Crippen molar-refractivity contribution in [1.82, 2.24) is 25.3 Å². The van der Waals surface area contributed by atoms with Crippen molar-refractivity contribution < 1.29 is 4.79 Å². The Balaban J connectivity index is 1.16. The van der Waals surface area contributed by atoms with Crippen LogP contribution in [0.2, 0.25) is 0 Å². The molecule has 8 nitrogen and oxygen atoms in total. The summed E-state index contributed by atoms with van der Waals surface area (Å²) in [6, 6.07) is 17.3. The van der Waals surface area contributed by atoms with Crippen LogP contribution in [0.1, 0.15) is 37.3 Å². The van der Waals surface area contributed by atoms with Crippen LogP contribution in [0.5, 0.6) is 0 Å². The third-order valence-electron chi connectivity index (χ3n) is 6.34. The fraction of sp³-hybridized carbons (Fsp3) is 0.400. The number of benzene rings is 1. The van der Waals surface area contributed by atoms with E-state index in [-0.39, 0.29) is 17.4 Å². The van der Waals surface area contributed by atoms with E-state index < -0.39 is 0 Å². The maximum absolute atomic E-state index is 12.8. The summed E-state index contributed by atoms with van der Waals surface area (Å²) < 4.78 is 1.46. The molecule has 1 saturated carbocycles. The van der Waals surface area contributed by atoms with Gasteiger partial charge in [0.1, 0.15) is 0 Å². The molecular formula is C25H28N6O2. The molecule has 0 spiro atoms. The van der Waals surface area contributed by atoms with Crippen molar-refractivity contribution in [2.45, 2.75) is 38.1 Å². The number of carbonyl (C=O) groups is 1. The monoisotopic (exact) mass is 444 g/mol. The predicted molar refractivity (Wildman–Crippen MR) is 126 cm³/mol. The van der Waals surface area contributed by atoms with Gasteiger partial charge in [-0.1, -0.05) is 30.3 Å². The minimum absolute atomic E-state index is 0.0139. The molecule has 1 saturated heterocycles. The van der Waals surface area contributed by atoms with E-state index in [1.165, 1.54) is 4.68 Å². The molecule has 1 aliphatic carbocycles. The molecule has 1 N–H and O–H groups in total. The molecule has 33 heavy (non-hydrogen) atoms. The second kappa shape index (κ2) is 9.52. The highest BCUT2D eigenvalue weighted by molar-refractivity contribution is 5.79. The molecule has 1 aliphatic heterocycles. The van der Waals surface area contributed by atoms with Crippen LogP contribution < -0.4 is 15.8 Å². The number of hydrogen-bond acceptors (Lipinski definition) is 6. The summed E-state index contributed by atoms with van der Waals surface area (Å²) in [7, 11) is 0. The summed E-state index contributed by atoms with van der Waals surface area (Å²) >= 11 is 0. The number of anilines is 1. The van der Waals surface area contributed by atoms with Crippen LogP contribution in [0.4, 0.5) is 5.82 Å². The van der Waals surface area contributed by atoms with Crippen molar-refractivity contribution >= 4 is 11.7 Å². The van der Waals surface area contributed by atoms with Crippen molar-refractivity contribution in [3.63, 3.8) is 0 Å². The highest BCUT2D eigenvalue weighted by atomic mass is 16.2. The molecule has 0 bridgehead atoms. The number of nitrogens with zero attached hydrogens (tertiary/aromatic N) is 5. The molecule has 2 aliphatic rings. The molecule has 170 valence electrons. The lowest BCUT2D eigenvalue weighted by Crippen LogP contribution is -2.44. The van der Waals surface area contributed by atoms with Crippen LogP contribution >= 0.6 is 0 Å². The van der Waals surface area contributed by atoms with Crippen LogP contribution in [0, 0.1) is 5.92 Å². The van der Waals surface area contributed by atoms with Crippen molar-refractivity contribution in [3.05, 3.63) is 70.6 Å². The first kappa shape index (κ1) is 21.3. The number of piperidine rings is 1. The molecular weight excluding hydrogens is 416 g/mol. The Hall–Kier alpha value is -3.55. The third kappa shape index (κ3) is 5.10. The first-order valence-electron chi connectivity index (χ1n) is 11.7. The van der Waals surface area contributed by atoms with Gasteiger partial charge < -0.3 is 10.2 Å². The van der Waals surface area contributed by atoms with Gasteiger partial charge in [0, 0.05) is 37.2 Å². The SMILES string of the molecule is O=C(NCCn1nc(C2CC2)ccc1=O)C1CCCN(c2ccc(-c3ccccc3)nn2)C1. The van der Waals surface area contributed by atoms with Gasteiger partial charge >= 0.3 is 0 Å². The van der Waals surface area contributed by atoms with Crippen molar-refractivity contribution in [2.75, 3.05) is 24.5 Å². The summed E-state index contributed by atoms with van der Waals surface area (Å²) in [4.78, 5) is 27.0. The van der Waals surface area contributed by atoms with E-state index in [9.17, 15) is 9.59 Å². The maximum Gasteiger partial charge on any atom is 0.266 e. The van der Waals surface area contributed by atoms with E-state index in [0.717, 1.165) is 55.0 Å². The Morgan fingerprint density at radius 2 is 1.85 bits per heavy atom. The van der Waals surface area contributed by atoms with Crippen molar-refractivity contribution in [1.29, 1.82) is 0 Å². The standard InChI is InChI=1S/C25H28N6O2/c32-24-13-11-22(19-8-9-19)29-31(24)16-14-26-25(33)20-7-4-15-30(17-20)23-12-10-21(27-28-23)18-5-2-1-3-6-18/h1-3,5-6,10-13,19-20H,4,7-9,14-17H2,(H,26,33). The summed E-state index contributed by atoms with van der Waals surface area (Å²) in [5, 5.41) is 16.2. The van der Waals surface area contributed by atoms with Gasteiger partial charge in [-0.25, -0.2) is 4.68 Å². The Labute approximate surface area is 192 Å². The van der Waals surface area contributed by atoms with Gasteiger partial charge in [0.25, 0.3) is 5.56 Å². The Morgan fingerprint density at radius 3 is 2.61 bits per heavy atom. The number of hydrogen-bond donors (Lipinski definition) is 1.